The molecule has 36 heavy (non-hydrogen) atoms. The van der Waals surface area contributed by atoms with E-state index >= 15 is 0 Å². The molecule has 3 aromatic rings. The van der Waals surface area contributed by atoms with Crippen LogP contribution in [0.5, 0.6) is 0 Å². The van der Waals surface area contributed by atoms with Crippen LogP contribution in [0.3, 0.4) is 0 Å². The number of aromatic nitrogens is 2. The van der Waals surface area contributed by atoms with Crippen LogP contribution in [0.1, 0.15) is 23.2 Å². The van der Waals surface area contributed by atoms with Crippen molar-refractivity contribution in [2.45, 2.75) is 37.1 Å². The Kier molecular flexibility index (Phi) is 7.18. The molecule has 9 nitrogen and oxygen atoms in total. The van der Waals surface area contributed by atoms with Crippen molar-refractivity contribution in [3.63, 3.8) is 0 Å². The SMILES string of the molecule is CN1C2COCC1CC(NC(=O)c1cn(-c3ccc[n+](O)c3)c3ccccc13)C2.O=C(O)C(F)(F)F. The van der Waals surface area contributed by atoms with Gasteiger partial charge in [-0.2, -0.15) is 13.2 Å². The number of likely N-dealkylation sites (N-methyl/N-ethyl adjacent to an activating group) is 1. The molecule has 2 aliphatic heterocycles. The molecule has 1 amide bonds. The number of pyridine rings is 1. The van der Waals surface area contributed by atoms with E-state index in [-0.39, 0.29) is 11.9 Å². The largest absolute Gasteiger partial charge is 0.490 e. The summed E-state index contributed by atoms with van der Waals surface area (Å²) in [7, 11) is 2.15. The molecule has 0 aliphatic carbocycles. The van der Waals surface area contributed by atoms with E-state index in [2.05, 4.69) is 17.3 Å². The molecular weight excluding hydrogens is 481 g/mol. The van der Waals surface area contributed by atoms with E-state index in [1.807, 2.05) is 41.1 Å². The van der Waals surface area contributed by atoms with Crippen molar-refractivity contribution in [2.75, 3.05) is 20.3 Å². The molecule has 2 atom stereocenters. The lowest BCUT2D eigenvalue weighted by molar-refractivity contribution is -0.904. The average molecular weight is 507 g/mol. The first-order valence-corrected chi connectivity index (χ1v) is 11.3. The normalized spacial score (nSPS) is 21.9. The second kappa shape index (κ2) is 10.2. The van der Waals surface area contributed by atoms with Gasteiger partial charge >= 0.3 is 12.1 Å². The Morgan fingerprint density at radius 3 is 2.36 bits per heavy atom. The van der Waals surface area contributed by atoms with Crippen LogP contribution < -0.4 is 10.0 Å². The van der Waals surface area contributed by atoms with E-state index in [1.54, 1.807) is 18.5 Å². The minimum atomic E-state index is -5.08. The number of piperidine rings is 1. The van der Waals surface area contributed by atoms with Crippen molar-refractivity contribution in [1.29, 1.82) is 0 Å². The zero-order valence-electron chi connectivity index (χ0n) is 19.4. The van der Waals surface area contributed by atoms with Crippen molar-refractivity contribution in [3.8, 4) is 5.69 Å². The number of carbonyl (C=O) groups excluding carboxylic acids is 1. The summed E-state index contributed by atoms with van der Waals surface area (Å²) in [5.74, 6) is -2.81. The lowest BCUT2D eigenvalue weighted by Gasteiger charge is -2.46. The summed E-state index contributed by atoms with van der Waals surface area (Å²) >= 11 is 0. The molecule has 4 heterocycles. The summed E-state index contributed by atoms with van der Waals surface area (Å²) in [6.45, 7) is 1.46. The molecule has 1 aromatic carbocycles. The Balaban J connectivity index is 0.000000384. The number of rotatable bonds is 3. The van der Waals surface area contributed by atoms with Gasteiger partial charge in [-0.3, -0.25) is 14.9 Å². The van der Waals surface area contributed by atoms with Crippen molar-refractivity contribution >= 4 is 22.8 Å². The van der Waals surface area contributed by atoms with Gasteiger partial charge in [-0.25, -0.2) is 4.79 Å². The van der Waals surface area contributed by atoms with Crippen LogP contribution in [-0.4, -0.2) is 76.2 Å². The number of carbonyl (C=O) groups is 2. The molecule has 2 aromatic heterocycles. The van der Waals surface area contributed by atoms with Crippen molar-refractivity contribution in [3.05, 3.63) is 60.6 Å². The zero-order valence-corrected chi connectivity index (χ0v) is 19.4. The fraction of sp³-hybridized carbons (Fsp3) is 0.375. The molecular formula is C24H26F3N4O5+. The van der Waals surface area contributed by atoms with Crippen LogP contribution >= 0.6 is 0 Å². The topological polar surface area (TPSA) is 108 Å². The molecule has 5 rings (SSSR count). The lowest BCUT2D eigenvalue weighted by Crippen LogP contribution is -2.59. The van der Waals surface area contributed by atoms with Crippen molar-refractivity contribution < 1.29 is 42.5 Å². The van der Waals surface area contributed by atoms with E-state index < -0.39 is 12.1 Å². The Labute approximate surface area is 204 Å². The molecule has 2 saturated heterocycles. The third kappa shape index (κ3) is 5.44. The van der Waals surface area contributed by atoms with E-state index in [0.717, 1.165) is 47.4 Å². The maximum atomic E-state index is 13.2. The second-order valence-electron chi connectivity index (χ2n) is 8.83. The molecule has 3 N–H and O–H groups in total. The highest BCUT2D eigenvalue weighted by molar-refractivity contribution is 6.07. The number of hydrogen-bond acceptors (Lipinski definition) is 5. The van der Waals surface area contributed by atoms with Gasteiger partial charge in [0.15, 0.2) is 0 Å². The summed E-state index contributed by atoms with van der Waals surface area (Å²) in [5.41, 5.74) is 2.36. The van der Waals surface area contributed by atoms with Gasteiger partial charge in [0.1, 0.15) is 5.69 Å². The van der Waals surface area contributed by atoms with Gasteiger partial charge in [-0.15, -0.1) is 0 Å². The van der Waals surface area contributed by atoms with E-state index in [1.165, 1.54) is 0 Å². The molecule has 2 unspecified atom stereocenters. The predicted octanol–water partition coefficient (Wildman–Crippen LogP) is 2.38. The summed E-state index contributed by atoms with van der Waals surface area (Å²) in [6.07, 6.45) is 1.76. The van der Waals surface area contributed by atoms with E-state index in [0.29, 0.717) is 17.6 Å². The Bertz CT molecular complexity index is 1250. The number of ether oxygens (including phenoxy) is 1. The Morgan fingerprint density at radius 1 is 1.11 bits per heavy atom. The monoisotopic (exact) mass is 507 g/mol. The number of carboxylic acids is 1. The number of fused-ring (bicyclic) bond motifs is 3. The number of morpholine rings is 1. The molecule has 192 valence electrons. The number of nitrogens with zero attached hydrogens (tertiary/aromatic N) is 3. The highest BCUT2D eigenvalue weighted by atomic mass is 19.4. The first-order chi connectivity index (χ1) is 17.0. The van der Waals surface area contributed by atoms with Crippen LogP contribution in [-0.2, 0) is 9.53 Å². The third-order valence-corrected chi connectivity index (χ3v) is 6.47. The first-order valence-electron chi connectivity index (χ1n) is 11.3. The van der Waals surface area contributed by atoms with Crippen molar-refractivity contribution in [2.24, 2.45) is 0 Å². The molecule has 0 radical (unpaired) electrons. The number of para-hydroxylation sites is 1. The van der Waals surface area contributed by atoms with Gasteiger partial charge in [-0.1, -0.05) is 18.2 Å². The number of nitrogens with one attached hydrogen (secondary N) is 1. The quantitative estimate of drug-likeness (QED) is 0.371. The number of benzene rings is 1. The zero-order chi connectivity index (χ0) is 26.0. The number of carboxylic acid groups (broad SMARTS) is 1. The number of aliphatic carboxylic acids is 1. The Morgan fingerprint density at radius 2 is 1.75 bits per heavy atom. The second-order valence-corrected chi connectivity index (χ2v) is 8.83. The molecule has 0 spiro atoms. The number of alkyl halides is 3. The summed E-state index contributed by atoms with van der Waals surface area (Å²) in [6, 6.07) is 12.4. The summed E-state index contributed by atoms with van der Waals surface area (Å²) < 4.78 is 40.4. The van der Waals surface area contributed by atoms with Crippen LogP contribution in [0, 0.1) is 0 Å². The molecule has 2 bridgehead atoms. The number of hydrogen-bond donors (Lipinski definition) is 3. The van der Waals surface area contributed by atoms with Gasteiger partial charge in [0.2, 0.25) is 12.4 Å². The fourth-order valence-corrected chi connectivity index (χ4v) is 4.64. The van der Waals surface area contributed by atoms with E-state index in [4.69, 9.17) is 14.6 Å². The Hall–Kier alpha value is -3.64. The minimum Gasteiger partial charge on any atom is -0.475 e. The molecule has 12 heteroatoms. The van der Waals surface area contributed by atoms with Gasteiger partial charge in [0.25, 0.3) is 5.91 Å². The highest BCUT2D eigenvalue weighted by Crippen LogP contribution is 2.28. The van der Waals surface area contributed by atoms with Crippen molar-refractivity contribution in [1.82, 2.24) is 14.8 Å². The van der Waals surface area contributed by atoms with Crippen LogP contribution in [0.2, 0.25) is 0 Å². The standard InChI is InChI=1S/C22H24N4O3.C2HF3O2/c1-24-17-9-15(10-18(24)14-29-13-17)23-22(27)20-12-26(16-5-4-8-25(28)11-16)21-7-3-2-6-19(20)21;3-2(4,5)1(6)7/h2-8,11-12,15,17-18H,9-10,13-14H2,1H3,(H-,23,27,28);(H,6,7)/p+1. The van der Waals surface area contributed by atoms with Gasteiger partial charge in [-0.05, 0) is 32.0 Å². The minimum absolute atomic E-state index is 0.0544. The number of halogens is 3. The number of amides is 1. The summed E-state index contributed by atoms with van der Waals surface area (Å²) in [4.78, 5) is 24.5. The van der Waals surface area contributed by atoms with Crippen LogP contribution in [0.15, 0.2) is 55.0 Å². The first kappa shape index (κ1) is 25.5. The molecule has 2 fully saturated rings. The lowest BCUT2D eigenvalue weighted by atomic mass is 9.90. The van der Waals surface area contributed by atoms with Gasteiger partial charge in [0.05, 0.1) is 24.3 Å². The highest BCUT2D eigenvalue weighted by Gasteiger charge is 2.38. The average Bonchev–Trinajstić information content (AvgIpc) is 3.19. The maximum Gasteiger partial charge on any atom is 0.490 e. The molecule has 0 saturated carbocycles. The van der Waals surface area contributed by atoms with Gasteiger partial charge in [0, 0.05) is 40.5 Å². The summed E-state index contributed by atoms with van der Waals surface area (Å²) in [5, 5.41) is 21.1. The molecule has 2 aliphatic rings. The smallest absolute Gasteiger partial charge is 0.475 e. The fourth-order valence-electron chi connectivity index (χ4n) is 4.64. The predicted molar refractivity (Wildman–Crippen MR) is 121 cm³/mol. The third-order valence-electron chi connectivity index (χ3n) is 6.47. The van der Waals surface area contributed by atoms with E-state index in [9.17, 15) is 23.2 Å². The van der Waals surface area contributed by atoms with Crippen LogP contribution in [0.4, 0.5) is 13.2 Å². The maximum absolute atomic E-state index is 13.2. The van der Waals surface area contributed by atoms with Crippen LogP contribution in [0.25, 0.3) is 16.6 Å². The van der Waals surface area contributed by atoms with Gasteiger partial charge < -0.3 is 19.7 Å².